The van der Waals surface area contributed by atoms with Crippen LogP contribution in [0.3, 0.4) is 0 Å². The lowest BCUT2D eigenvalue weighted by molar-refractivity contribution is -0.385. The average Bonchev–Trinajstić information content (AvgIpc) is 3.32. The van der Waals surface area contributed by atoms with Crippen LogP contribution in [0.15, 0.2) is 60.7 Å². The van der Waals surface area contributed by atoms with E-state index in [4.69, 9.17) is 37.9 Å². The van der Waals surface area contributed by atoms with Crippen LogP contribution in [0.5, 0.6) is 23.0 Å². The fourth-order valence-corrected chi connectivity index (χ4v) is 8.88. The number of ether oxygens (including phenoxy) is 8. The average molecular weight is 941 g/mol. The lowest BCUT2D eigenvalue weighted by Gasteiger charge is -2.23. The molecule has 4 aromatic rings. The fourth-order valence-electron chi connectivity index (χ4n) is 8.88. The molecular formula is C54H72N2O12. The lowest BCUT2D eigenvalue weighted by Crippen LogP contribution is -2.15. The van der Waals surface area contributed by atoms with Crippen LogP contribution in [0.25, 0.3) is 0 Å². The molecule has 0 N–H and O–H groups in total. The maximum atomic E-state index is 12.8. The summed E-state index contributed by atoms with van der Waals surface area (Å²) in [7, 11) is 0. The normalized spacial score (nSPS) is 15.1. The summed E-state index contributed by atoms with van der Waals surface area (Å²) < 4.78 is 50.2. The molecule has 1 aliphatic heterocycles. The van der Waals surface area contributed by atoms with Crippen molar-refractivity contribution in [3.8, 4) is 23.0 Å². The van der Waals surface area contributed by atoms with Gasteiger partial charge in [0.2, 0.25) is 0 Å². The van der Waals surface area contributed by atoms with E-state index in [1.54, 1.807) is 12.1 Å². The zero-order valence-electron chi connectivity index (χ0n) is 40.4. The van der Waals surface area contributed by atoms with Gasteiger partial charge in [-0.3, -0.25) is 20.2 Å². The Morgan fingerprint density at radius 2 is 0.750 bits per heavy atom. The van der Waals surface area contributed by atoms with Crippen LogP contribution in [0.2, 0.25) is 0 Å². The number of hydrogen-bond donors (Lipinski definition) is 0. The van der Waals surface area contributed by atoms with Crippen LogP contribution in [0, 0.1) is 20.2 Å². The van der Waals surface area contributed by atoms with E-state index in [-0.39, 0.29) is 50.5 Å². The molecule has 4 aromatic carbocycles. The molecule has 0 spiro atoms. The Labute approximate surface area is 402 Å². The van der Waals surface area contributed by atoms with Crippen molar-refractivity contribution in [1.29, 1.82) is 0 Å². The van der Waals surface area contributed by atoms with Gasteiger partial charge in [-0.1, -0.05) is 114 Å². The molecule has 14 heteroatoms. The molecule has 0 atom stereocenters. The predicted molar refractivity (Wildman–Crippen MR) is 262 cm³/mol. The molecule has 10 bridgehead atoms. The Bertz CT molecular complexity index is 2200. The Hall–Kier alpha value is -5.28. The molecule has 14 nitrogen and oxygen atoms in total. The minimum absolute atomic E-state index is 0.0590. The monoisotopic (exact) mass is 941 g/mol. The van der Waals surface area contributed by atoms with Gasteiger partial charge in [0.15, 0.2) is 0 Å². The van der Waals surface area contributed by atoms with Crippen LogP contribution in [0.4, 0.5) is 11.4 Å². The number of non-ortho nitro benzene ring substituents is 2. The summed E-state index contributed by atoms with van der Waals surface area (Å²) in [5, 5.41) is 25.6. The Morgan fingerprint density at radius 1 is 0.426 bits per heavy atom. The van der Waals surface area contributed by atoms with Crippen molar-refractivity contribution in [3.05, 3.63) is 125 Å². The van der Waals surface area contributed by atoms with E-state index < -0.39 is 9.85 Å². The minimum Gasteiger partial charge on any atom is -0.493 e. The van der Waals surface area contributed by atoms with Gasteiger partial charge in [0.05, 0.1) is 75.9 Å². The van der Waals surface area contributed by atoms with Gasteiger partial charge in [0, 0.05) is 72.2 Å². The summed E-state index contributed by atoms with van der Waals surface area (Å²) in [6, 6.07) is 18.3. The molecule has 68 heavy (non-hydrogen) atoms. The number of rotatable bonds is 18. The van der Waals surface area contributed by atoms with E-state index in [1.165, 1.54) is 37.8 Å². The van der Waals surface area contributed by atoms with Crippen molar-refractivity contribution < 1.29 is 47.7 Å². The number of benzene rings is 4. The first-order valence-electron chi connectivity index (χ1n) is 25.0. The zero-order valence-corrected chi connectivity index (χ0v) is 40.4. The number of hydrogen-bond acceptors (Lipinski definition) is 12. The molecule has 0 saturated carbocycles. The summed E-state index contributed by atoms with van der Waals surface area (Å²) in [5.41, 5.74) is 5.53. The van der Waals surface area contributed by atoms with Gasteiger partial charge in [-0.25, -0.2) is 0 Å². The SMILES string of the molecule is CCCCCCCCOc1c2cccc1Cc1cc([N+](=O)[O-])cc3c1OCCOCCOCCOCCOCCOc1c(cccc1Cc1cc([N+](=O)[O-])cc(c1OCCCCCCCC)C3)C2. The van der Waals surface area contributed by atoms with Crippen molar-refractivity contribution in [3.63, 3.8) is 0 Å². The quantitative estimate of drug-likeness (QED) is 0.0465. The number of para-hydroxylation sites is 2. The maximum absolute atomic E-state index is 12.8. The molecule has 0 fully saturated rings. The van der Waals surface area contributed by atoms with E-state index in [9.17, 15) is 20.2 Å². The van der Waals surface area contributed by atoms with Crippen LogP contribution in [-0.4, -0.2) is 89.1 Å². The van der Waals surface area contributed by atoms with Crippen LogP contribution < -0.4 is 18.9 Å². The Morgan fingerprint density at radius 3 is 1.19 bits per heavy atom. The molecule has 6 rings (SSSR count). The summed E-state index contributed by atoms with van der Waals surface area (Å²) in [4.78, 5) is 24.8. The van der Waals surface area contributed by atoms with Gasteiger partial charge >= 0.3 is 0 Å². The topological polar surface area (TPSA) is 160 Å². The number of nitro groups is 2. The van der Waals surface area contributed by atoms with E-state index in [0.29, 0.717) is 105 Å². The molecule has 0 radical (unpaired) electrons. The summed E-state index contributed by atoms with van der Waals surface area (Å²) in [5.74, 6) is 2.37. The number of unbranched alkanes of at least 4 members (excludes halogenated alkanes) is 10. The second-order valence-corrected chi connectivity index (χ2v) is 17.6. The summed E-state index contributed by atoms with van der Waals surface area (Å²) in [6.45, 7) is 8.56. The summed E-state index contributed by atoms with van der Waals surface area (Å²) in [6.07, 6.45) is 14.0. The van der Waals surface area contributed by atoms with Gasteiger partial charge in [0.1, 0.15) is 36.2 Å². The highest BCUT2D eigenvalue weighted by molar-refractivity contribution is 5.60. The zero-order chi connectivity index (χ0) is 47.8. The highest BCUT2D eigenvalue weighted by Gasteiger charge is 2.26. The number of nitro benzene ring substituents is 2. The Balaban J connectivity index is 1.53. The van der Waals surface area contributed by atoms with Crippen molar-refractivity contribution in [2.24, 2.45) is 0 Å². The third-order valence-corrected chi connectivity index (χ3v) is 12.3. The maximum Gasteiger partial charge on any atom is 0.270 e. The third kappa shape index (κ3) is 16.2. The third-order valence-electron chi connectivity index (χ3n) is 12.3. The minimum atomic E-state index is -0.398. The van der Waals surface area contributed by atoms with Gasteiger partial charge in [0.25, 0.3) is 11.4 Å². The largest absolute Gasteiger partial charge is 0.493 e. The first-order chi connectivity index (χ1) is 33.4. The van der Waals surface area contributed by atoms with Crippen LogP contribution in [0.1, 0.15) is 135 Å². The molecule has 370 valence electrons. The molecule has 0 aromatic heterocycles. The molecule has 1 aliphatic carbocycles. The molecule has 0 amide bonds. The first kappa shape index (κ1) is 52.1. The van der Waals surface area contributed by atoms with Gasteiger partial charge in [-0.05, 0) is 35.1 Å². The second kappa shape index (κ2) is 28.9. The number of fused-ring (bicyclic) bond motifs is 2. The smallest absolute Gasteiger partial charge is 0.270 e. The van der Waals surface area contributed by atoms with Gasteiger partial charge in [-0.15, -0.1) is 0 Å². The molecule has 0 saturated heterocycles. The highest BCUT2D eigenvalue weighted by atomic mass is 16.6. The van der Waals surface area contributed by atoms with Crippen molar-refractivity contribution in [2.75, 3.05) is 79.3 Å². The highest BCUT2D eigenvalue weighted by Crippen LogP contribution is 2.41. The van der Waals surface area contributed by atoms with Gasteiger partial charge < -0.3 is 37.9 Å². The van der Waals surface area contributed by atoms with E-state index in [0.717, 1.165) is 79.4 Å². The van der Waals surface area contributed by atoms with E-state index in [2.05, 4.69) is 19.9 Å². The van der Waals surface area contributed by atoms with Crippen LogP contribution in [-0.2, 0) is 44.6 Å². The van der Waals surface area contributed by atoms with E-state index in [1.807, 2.05) is 30.3 Å². The Kier molecular flexibility index (Phi) is 22.1. The first-order valence-corrected chi connectivity index (χ1v) is 25.0. The number of nitrogens with zero attached hydrogens (tertiary/aromatic N) is 2. The molecule has 2 aliphatic rings. The molecular weight excluding hydrogens is 869 g/mol. The van der Waals surface area contributed by atoms with Crippen LogP contribution >= 0.6 is 0 Å². The van der Waals surface area contributed by atoms with E-state index >= 15 is 0 Å². The fraction of sp³-hybridized carbons (Fsp3) is 0.556. The van der Waals surface area contributed by atoms with Crippen molar-refractivity contribution in [1.82, 2.24) is 0 Å². The standard InChI is InChI=1S/C54H72N2O12/c1-3-5-7-9-11-13-21-65-51-41-17-15-19-43(51)34-46-38-50(56(59)60)40-48-36-47-39-49(55(57)58)37-45(53(47)66-22-14-12-10-8-6-4-2)35-44-20-16-18-42(33-41)52(44)67-31-29-63-27-25-61-23-24-62-26-28-64-30-32-68-54(46)48/h15-20,37-40H,3-14,21-36H2,1-2H3. The summed E-state index contributed by atoms with van der Waals surface area (Å²) >= 11 is 0. The van der Waals surface area contributed by atoms with Gasteiger partial charge in [-0.2, -0.15) is 0 Å². The van der Waals surface area contributed by atoms with Crippen molar-refractivity contribution >= 4 is 11.4 Å². The lowest BCUT2D eigenvalue weighted by atomic mass is 9.90. The molecule has 1 heterocycles. The van der Waals surface area contributed by atoms with Crippen molar-refractivity contribution in [2.45, 2.75) is 117 Å². The second-order valence-electron chi connectivity index (χ2n) is 17.6. The predicted octanol–water partition coefficient (Wildman–Crippen LogP) is 11.5. The molecule has 0 unspecified atom stereocenters.